The first-order valence-electron chi connectivity index (χ1n) is 7.09. The molecule has 0 radical (unpaired) electrons. The number of amides is 1. The lowest BCUT2D eigenvalue weighted by atomic mass is 10.2. The molecule has 2 rings (SSSR count). The Labute approximate surface area is 134 Å². The molecular weight excluding hydrogens is 303 g/mol. The molecule has 2 aromatic carbocycles. The summed E-state index contributed by atoms with van der Waals surface area (Å²) in [4.78, 5) is 13.2. The summed E-state index contributed by atoms with van der Waals surface area (Å²) in [6.45, 7) is 2.42. The Morgan fingerprint density at radius 2 is 1.95 bits per heavy atom. The topological polar surface area (TPSA) is 33.5 Å². The molecule has 0 aliphatic rings. The van der Waals surface area contributed by atoms with E-state index in [2.05, 4.69) is 5.32 Å². The predicted molar refractivity (Wildman–Crippen MR) is 86.5 cm³/mol. The van der Waals surface area contributed by atoms with E-state index in [1.54, 1.807) is 30.3 Å². The molecule has 0 spiro atoms. The average Bonchev–Trinajstić information content (AvgIpc) is 2.48. The molecule has 1 unspecified atom stereocenters. The van der Waals surface area contributed by atoms with Gasteiger partial charge in [-0.2, -0.15) is 0 Å². The Morgan fingerprint density at radius 3 is 2.59 bits per heavy atom. The van der Waals surface area contributed by atoms with Crippen molar-refractivity contribution in [1.29, 1.82) is 0 Å². The van der Waals surface area contributed by atoms with Gasteiger partial charge in [0.25, 0.3) is 5.91 Å². The maximum atomic E-state index is 13.2. The Morgan fingerprint density at radius 1 is 1.27 bits per heavy atom. The largest absolute Gasteiger partial charge is 0.324 e. The van der Waals surface area contributed by atoms with E-state index in [4.69, 9.17) is 11.6 Å². The third-order valence-electron chi connectivity index (χ3n) is 3.62. The first-order valence-corrected chi connectivity index (χ1v) is 7.46. The number of carbonyl (C=O) groups is 1. The van der Waals surface area contributed by atoms with Gasteiger partial charge < -0.3 is 10.2 Å². The van der Waals surface area contributed by atoms with Gasteiger partial charge in [-0.05, 0) is 43.3 Å². The van der Waals surface area contributed by atoms with Crippen molar-refractivity contribution in [3.63, 3.8) is 0 Å². The molecule has 22 heavy (non-hydrogen) atoms. The van der Waals surface area contributed by atoms with Crippen molar-refractivity contribution in [3.8, 4) is 0 Å². The van der Waals surface area contributed by atoms with Crippen LogP contribution in [0.3, 0.4) is 0 Å². The molecule has 116 valence electrons. The normalized spacial score (nSPS) is 13.5. The van der Waals surface area contributed by atoms with E-state index >= 15 is 0 Å². The number of likely N-dealkylation sites (N-methyl/N-ethyl adjacent to an activating group) is 1. The molecule has 0 aliphatic heterocycles. The van der Waals surface area contributed by atoms with Gasteiger partial charge in [0.15, 0.2) is 6.04 Å². The van der Waals surface area contributed by atoms with Crippen molar-refractivity contribution in [2.24, 2.45) is 0 Å². The summed E-state index contributed by atoms with van der Waals surface area (Å²) in [5, 5.41) is 3.48. The van der Waals surface area contributed by atoms with Crippen LogP contribution < -0.4 is 10.2 Å². The van der Waals surface area contributed by atoms with Gasteiger partial charge in [-0.25, -0.2) is 4.39 Å². The second-order valence-corrected chi connectivity index (χ2v) is 5.81. The molecule has 0 aromatic heterocycles. The quantitative estimate of drug-likeness (QED) is 0.872. The standard InChI is InChI=1S/C17H18ClFN2O/c1-12(17(22)20-16-8-6-14(18)7-9-16)21(2)11-13-4-3-5-15(19)10-13/h3-10,12H,11H2,1-2H3,(H,20,22)/p+1/t12-/m1/s1. The zero-order chi connectivity index (χ0) is 16.1. The van der Waals surface area contributed by atoms with Gasteiger partial charge >= 0.3 is 0 Å². The molecule has 2 atom stereocenters. The van der Waals surface area contributed by atoms with Crippen molar-refractivity contribution < 1.29 is 14.1 Å². The van der Waals surface area contributed by atoms with E-state index in [9.17, 15) is 9.18 Å². The average molecular weight is 322 g/mol. The van der Waals surface area contributed by atoms with Crippen LogP contribution in [0.25, 0.3) is 0 Å². The van der Waals surface area contributed by atoms with Gasteiger partial charge in [-0.1, -0.05) is 23.7 Å². The number of hydrogen-bond acceptors (Lipinski definition) is 1. The molecule has 5 heteroatoms. The highest BCUT2D eigenvalue weighted by atomic mass is 35.5. The summed E-state index contributed by atoms with van der Waals surface area (Å²) in [6, 6.07) is 13.1. The number of benzene rings is 2. The molecule has 2 aromatic rings. The van der Waals surface area contributed by atoms with Gasteiger partial charge in [0, 0.05) is 16.3 Å². The van der Waals surface area contributed by atoms with E-state index in [0.29, 0.717) is 17.3 Å². The third-order valence-corrected chi connectivity index (χ3v) is 3.87. The molecule has 0 saturated carbocycles. The number of halogens is 2. The van der Waals surface area contributed by atoms with Crippen molar-refractivity contribution in [2.75, 3.05) is 12.4 Å². The molecule has 2 N–H and O–H groups in total. The maximum Gasteiger partial charge on any atom is 0.282 e. The van der Waals surface area contributed by atoms with Crippen LogP contribution in [0.2, 0.25) is 5.02 Å². The monoisotopic (exact) mass is 321 g/mol. The zero-order valence-electron chi connectivity index (χ0n) is 12.6. The Balaban J connectivity index is 1.95. The highest BCUT2D eigenvalue weighted by molar-refractivity contribution is 6.30. The summed E-state index contributed by atoms with van der Waals surface area (Å²) in [5.74, 6) is -0.347. The molecular formula is C17H19ClFN2O+. The SMILES string of the molecule is C[C@H](C(=O)Nc1ccc(Cl)cc1)[NH+](C)Cc1cccc(F)c1. The van der Waals surface area contributed by atoms with Crippen LogP contribution in [0.5, 0.6) is 0 Å². The summed E-state index contributed by atoms with van der Waals surface area (Å²) in [6.07, 6.45) is 0. The summed E-state index contributed by atoms with van der Waals surface area (Å²) in [5.41, 5.74) is 1.57. The number of hydrogen-bond donors (Lipinski definition) is 2. The highest BCUT2D eigenvalue weighted by Gasteiger charge is 2.22. The smallest absolute Gasteiger partial charge is 0.282 e. The van der Waals surface area contributed by atoms with E-state index in [1.165, 1.54) is 12.1 Å². The zero-order valence-corrected chi connectivity index (χ0v) is 13.3. The molecule has 0 aliphatic carbocycles. The Kier molecular flexibility index (Phi) is 5.52. The second-order valence-electron chi connectivity index (χ2n) is 5.37. The minimum atomic E-state index is -0.265. The van der Waals surface area contributed by atoms with Crippen LogP contribution in [0.15, 0.2) is 48.5 Å². The molecule has 0 fully saturated rings. The van der Waals surface area contributed by atoms with Crippen molar-refractivity contribution in [2.45, 2.75) is 19.5 Å². The van der Waals surface area contributed by atoms with E-state index in [-0.39, 0.29) is 17.8 Å². The van der Waals surface area contributed by atoms with E-state index in [0.717, 1.165) is 10.5 Å². The predicted octanol–water partition coefficient (Wildman–Crippen LogP) is 2.52. The van der Waals surface area contributed by atoms with E-state index < -0.39 is 0 Å². The maximum absolute atomic E-state index is 13.2. The fourth-order valence-corrected chi connectivity index (χ4v) is 2.26. The lowest BCUT2D eigenvalue weighted by Crippen LogP contribution is -3.12. The number of quaternary nitrogens is 1. The van der Waals surface area contributed by atoms with Crippen LogP contribution in [-0.4, -0.2) is 19.0 Å². The van der Waals surface area contributed by atoms with Gasteiger partial charge in [-0.15, -0.1) is 0 Å². The Bertz CT molecular complexity index is 645. The summed E-state index contributed by atoms with van der Waals surface area (Å²) in [7, 11) is 1.91. The minimum Gasteiger partial charge on any atom is -0.324 e. The molecule has 1 amide bonds. The number of anilines is 1. The highest BCUT2D eigenvalue weighted by Crippen LogP contribution is 2.13. The van der Waals surface area contributed by atoms with Gasteiger partial charge in [0.05, 0.1) is 7.05 Å². The Hall–Kier alpha value is -1.91. The fourth-order valence-electron chi connectivity index (χ4n) is 2.13. The number of rotatable bonds is 5. The van der Waals surface area contributed by atoms with Crippen LogP contribution in [-0.2, 0) is 11.3 Å². The molecule has 0 heterocycles. The lowest BCUT2D eigenvalue weighted by molar-refractivity contribution is -0.907. The first-order chi connectivity index (χ1) is 10.5. The number of nitrogens with one attached hydrogen (secondary N) is 2. The van der Waals surface area contributed by atoms with Crippen molar-refractivity contribution >= 4 is 23.2 Å². The molecule has 0 bridgehead atoms. The van der Waals surface area contributed by atoms with Crippen molar-refractivity contribution in [1.82, 2.24) is 0 Å². The third kappa shape index (κ3) is 4.55. The minimum absolute atomic E-state index is 0.0868. The van der Waals surface area contributed by atoms with Gasteiger partial charge in [0.2, 0.25) is 0 Å². The first kappa shape index (κ1) is 16.5. The number of carbonyl (C=O) groups excluding carboxylic acids is 1. The second kappa shape index (κ2) is 7.38. The lowest BCUT2D eigenvalue weighted by Gasteiger charge is -2.21. The summed E-state index contributed by atoms with van der Waals surface area (Å²) >= 11 is 5.82. The van der Waals surface area contributed by atoms with E-state index in [1.807, 2.05) is 20.0 Å². The molecule has 0 saturated heterocycles. The fraction of sp³-hybridized carbons (Fsp3) is 0.235. The summed E-state index contributed by atoms with van der Waals surface area (Å²) < 4.78 is 13.2. The van der Waals surface area contributed by atoms with Crippen LogP contribution in [0.1, 0.15) is 12.5 Å². The van der Waals surface area contributed by atoms with Crippen LogP contribution >= 0.6 is 11.6 Å². The van der Waals surface area contributed by atoms with Crippen molar-refractivity contribution in [3.05, 3.63) is 64.9 Å². The van der Waals surface area contributed by atoms with Crippen LogP contribution in [0, 0.1) is 5.82 Å². The van der Waals surface area contributed by atoms with Gasteiger partial charge in [-0.3, -0.25) is 4.79 Å². The molecule has 3 nitrogen and oxygen atoms in total. The van der Waals surface area contributed by atoms with Crippen LogP contribution in [0.4, 0.5) is 10.1 Å². The van der Waals surface area contributed by atoms with Gasteiger partial charge in [0.1, 0.15) is 12.4 Å².